The molecule has 0 bridgehead atoms. The van der Waals surface area contributed by atoms with E-state index in [0.29, 0.717) is 6.54 Å². The largest absolute Gasteiger partial charge is 0.422 e. The summed E-state index contributed by atoms with van der Waals surface area (Å²) in [6.07, 6.45) is 3.76. The average Bonchev–Trinajstić information content (AvgIpc) is 2.69. The third-order valence-corrected chi connectivity index (χ3v) is 4.29. The van der Waals surface area contributed by atoms with E-state index in [1.165, 1.54) is 0 Å². The van der Waals surface area contributed by atoms with Crippen molar-refractivity contribution in [2.24, 2.45) is 0 Å². The van der Waals surface area contributed by atoms with E-state index < -0.39 is 5.97 Å². The van der Waals surface area contributed by atoms with Gasteiger partial charge in [0.15, 0.2) is 5.75 Å². The van der Waals surface area contributed by atoms with E-state index in [1.54, 1.807) is 22.8 Å². The Balaban J connectivity index is 1.77. The standard InChI is InChI=1S/C15H15Cl2N3O3/c16-10-5-4-6-11(17)14(10)23-13(21)9-20-15(22)19-8-3-1-2-7-12(19)18-20/h4-6H,1-3,7-9H2. The lowest BCUT2D eigenvalue weighted by molar-refractivity contribution is -0.135. The number of ether oxygens (including phenoxy) is 1. The van der Waals surface area contributed by atoms with Gasteiger partial charge in [-0.25, -0.2) is 14.3 Å². The lowest BCUT2D eigenvalue weighted by atomic mass is 10.2. The molecule has 0 saturated heterocycles. The molecule has 0 amide bonds. The monoisotopic (exact) mass is 355 g/mol. The molecular weight excluding hydrogens is 341 g/mol. The number of carbonyl (C=O) groups excluding carboxylic acids is 1. The van der Waals surface area contributed by atoms with Gasteiger partial charge < -0.3 is 4.74 Å². The average molecular weight is 356 g/mol. The van der Waals surface area contributed by atoms with Crippen molar-refractivity contribution in [3.05, 3.63) is 44.6 Å². The summed E-state index contributed by atoms with van der Waals surface area (Å²) in [4.78, 5) is 24.4. The van der Waals surface area contributed by atoms with E-state index in [4.69, 9.17) is 27.9 Å². The minimum atomic E-state index is -0.643. The van der Waals surface area contributed by atoms with Gasteiger partial charge in [-0.2, -0.15) is 5.10 Å². The summed E-state index contributed by atoms with van der Waals surface area (Å²) in [6, 6.07) is 4.79. The van der Waals surface area contributed by atoms with Crippen LogP contribution in [-0.2, 0) is 24.3 Å². The predicted molar refractivity (Wildman–Crippen MR) is 86.1 cm³/mol. The maximum Gasteiger partial charge on any atom is 0.346 e. The summed E-state index contributed by atoms with van der Waals surface area (Å²) in [5.41, 5.74) is -0.288. The maximum absolute atomic E-state index is 12.3. The zero-order valence-electron chi connectivity index (χ0n) is 12.3. The Morgan fingerprint density at radius 1 is 1.22 bits per heavy atom. The van der Waals surface area contributed by atoms with Crippen molar-refractivity contribution in [1.82, 2.24) is 14.3 Å². The number of aromatic nitrogens is 3. The summed E-state index contributed by atoms with van der Waals surface area (Å²) >= 11 is 11.9. The summed E-state index contributed by atoms with van der Waals surface area (Å²) in [5.74, 6) is 0.168. The minimum absolute atomic E-state index is 0.0923. The fraction of sp³-hybridized carbons (Fsp3) is 0.400. The smallest absolute Gasteiger partial charge is 0.346 e. The molecule has 0 aliphatic carbocycles. The van der Waals surface area contributed by atoms with Gasteiger partial charge in [0.05, 0.1) is 10.0 Å². The van der Waals surface area contributed by atoms with Gasteiger partial charge in [0.25, 0.3) is 0 Å². The summed E-state index contributed by atoms with van der Waals surface area (Å²) in [7, 11) is 0. The summed E-state index contributed by atoms with van der Waals surface area (Å²) in [6.45, 7) is 0.361. The fourth-order valence-corrected chi connectivity index (χ4v) is 3.05. The molecule has 0 radical (unpaired) electrons. The molecule has 1 aromatic heterocycles. The number of hydrogen-bond acceptors (Lipinski definition) is 4. The van der Waals surface area contributed by atoms with Crippen LogP contribution in [0.15, 0.2) is 23.0 Å². The molecule has 0 spiro atoms. The first kappa shape index (κ1) is 16.1. The quantitative estimate of drug-likeness (QED) is 0.627. The SMILES string of the molecule is O=C(Cn1nc2n(c1=O)CCCCC2)Oc1c(Cl)cccc1Cl. The fourth-order valence-electron chi connectivity index (χ4n) is 2.58. The number of esters is 1. The van der Waals surface area contributed by atoms with Crippen LogP contribution < -0.4 is 10.4 Å². The van der Waals surface area contributed by atoms with Crippen molar-refractivity contribution in [3.8, 4) is 5.75 Å². The molecule has 0 saturated carbocycles. The van der Waals surface area contributed by atoms with E-state index in [-0.39, 0.29) is 28.0 Å². The first-order chi connectivity index (χ1) is 11.1. The molecule has 8 heteroatoms. The number of hydrogen-bond donors (Lipinski definition) is 0. The van der Waals surface area contributed by atoms with E-state index in [1.807, 2.05) is 0 Å². The Bertz CT molecular complexity index is 778. The van der Waals surface area contributed by atoms with E-state index >= 15 is 0 Å². The molecule has 3 rings (SSSR count). The highest BCUT2D eigenvalue weighted by Crippen LogP contribution is 2.32. The van der Waals surface area contributed by atoms with Crippen LogP contribution >= 0.6 is 23.2 Å². The second-order valence-electron chi connectivity index (χ2n) is 5.34. The molecule has 122 valence electrons. The van der Waals surface area contributed by atoms with Crippen molar-refractivity contribution in [1.29, 1.82) is 0 Å². The second kappa shape index (κ2) is 6.76. The number of carbonyl (C=O) groups is 1. The highest BCUT2D eigenvalue weighted by Gasteiger charge is 2.19. The Kier molecular flexibility index (Phi) is 4.73. The highest BCUT2D eigenvalue weighted by molar-refractivity contribution is 6.37. The van der Waals surface area contributed by atoms with E-state index in [2.05, 4.69) is 5.10 Å². The Morgan fingerprint density at radius 2 is 1.96 bits per heavy atom. The van der Waals surface area contributed by atoms with Crippen LogP contribution in [0.1, 0.15) is 25.1 Å². The molecule has 0 N–H and O–H groups in total. The van der Waals surface area contributed by atoms with Gasteiger partial charge in [-0.15, -0.1) is 0 Å². The molecule has 0 fully saturated rings. The molecule has 1 aromatic carbocycles. The molecule has 2 aromatic rings. The zero-order chi connectivity index (χ0) is 16.4. The van der Waals surface area contributed by atoms with Gasteiger partial charge >= 0.3 is 11.7 Å². The molecule has 6 nitrogen and oxygen atoms in total. The number of aryl methyl sites for hydroxylation is 1. The third-order valence-electron chi connectivity index (χ3n) is 3.70. The minimum Gasteiger partial charge on any atom is -0.422 e. The van der Waals surface area contributed by atoms with Crippen LogP contribution in [0, 0.1) is 0 Å². The van der Waals surface area contributed by atoms with Gasteiger partial charge in [-0.05, 0) is 25.0 Å². The van der Waals surface area contributed by atoms with Crippen LogP contribution in [0.4, 0.5) is 0 Å². The van der Waals surface area contributed by atoms with Gasteiger partial charge in [-0.1, -0.05) is 35.7 Å². The van der Waals surface area contributed by atoms with Crippen LogP contribution in [0.5, 0.6) is 5.75 Å². The first-order valence-electron chi connectivity index (χ1n) is 7.37. The van der Waals surface area contributed by atoms with Crippen LogP contribution in [0.25, 0.3) is 0 Å². The highest BCUT2D eigenvalue weighted by atomic mass is 35.5. The van der Waals surface area contributed by atoms with E-state index in [9.17, 15) is 9.59 Å². The number of halogens is 2. The third kappa shape index (κ3) is 3.43. The second-order valence-corrected chi connectivity index (χ2v) is 6.16. The van der Waals surface area contributed by atoms with Gasteiger partial charge in [0.2, 0.25) is 0 Å². The topological polar surface area (TPSA) is 66.1 Å². The van der Waals surface area contributed by atoms with Crippen molar-refractivity contribution in [2.45, 2.75) is 38.8 Å². The lowest BCUT2D eigenvalue weighted by Crippen LogP contribution is -2.29. The molecule has 23 heavy (non-hydrogen) atoms. The van der Waals surface area contributed by atoms with Gasteiger partial charge in [-0.3, -0.25) is 4.57 Å². The maximum atomic E-state index is 12.3. The van der Waals surface area contributed by atoms with Crippen molar-refractivity contribution < 1.29 is 9.53 Å². The predicted octanol–water partition coefficient (Wildman–Crippen LogP) is 2.68. The number of para-hydroxylation sites is 1. The molecule has 0 unspecified atom stereocenters. The number of benzene rings is 1. The summed E-state index contributed by atoms with van der Waals surface area (Å²) in [5, 5.41) is 4.71. The van der Waals surface area contributed by atoms with Crippen molar-refractivity contribution in [3.63, 3.8) is 0 Å². The molecule has 2 heterocycles. The number of fused-ring (bicyclic) bond motifs is 1. The normalized spacial score (nSPS) is 14.2. The first-order valence-corrected chi connectivity index (χ1v) is 8.13. The Labute approximate surface area is 142 Å². The van der Waals surface area contributed by atoms with E-state index in [0.717, 1.165) is 36.2 Å². The molecule has 1 aliphatic rings. The number of nitrogens with zero attached hydrogens (tertiary/aromatic N) is 3. The molecule has 0 atom stereocenters. The van der Waals surface area contributed by atoms with Gasteiger partial charge in [0.1, 0.15) is 12.4 Å². The van der Waals surface area contributed by atoms with Crippen molar-refractivity contribution >= 4 is 29.2 Å². The van der Waals surface area contributed by atoms with Crippen LogP contribution in [0.2, 0.25) is 10.0 Å². The van der Waals surface area contributed by atoms with Crippen molar-refractivity contribution in [2.75, 3.05) is 0 Å². The van der Waals surface area contributed by atoms with Crippen LogP contribution in [-0.4, -0.2) is 20.3 Å². The summed E-state index contributed by atoms with van der Waals surface area (Å²) < 4.78 is 7.94. The number of rotatable bonds is 3. The molecular formula is C15H15Cl2N3O3. The Morgan fingerprint density at radius 3 is 2.70 bits per heavy atom. The Hall–Kier alpha value is -1.79. The zero-order valence-corrected chi connectivity index (χ0v) is 13.8. The molecule has 1 aliphatic heterocycles. The van der Waals surface area contributed by atoms with Crippen LogP contribution in [0.3, 0.4) is 0 Å². The lowest BCUT2D eigenvalue weighted by Gasteiger charge is -2.07. The van der Waals surface area contributed by atoms with Gasteiger partial charge in [0, 0.05) is 13.0 Å².